The first-order valence-electron chi connectivity index (χ1n) is 4.36. The lowest BCUT2D eigenvalue weighted by Gasteiger charge is -1.93. The predicted octanol–water partition coefficient (Wildman–Crippen LogP) is 2.30. The molecule has 0 bridgehead atoms. The van der Waals surface area contributed by atoms with E-state index in [1.807, 2.05) is 12.1 Å². The fraction of sp³-hybridized carbons (Fsp3) is 0.400. The Balaban J connectivity index is 0.000000336. The van der Waals surface area contributed by atoms with E-state index in [9.17, 15) is 4.57 Å². The van der Waals surface area contributed by atoms with E-state index in [1.165, 1.54) is 0 Å². The molecule has 0 amide bonds. The van der Waals surface area contributed by atoms with Crippen molar-refractivity contribution >= 4 is 14.1 Å². The zero-order valence-corrected chi connectivity index (χ0v) is 9.87. The third-order valence-electron chi connectivity index (χ3n) is 1.46. The molecule has 1 aromatic rings. The molecule has 15 heavy (non-hydrogen) atoms. The molecule has 1 aromatic carbocycles. The standard InChI is InChI=1S/C7H8NOP.C3H8O2/c8-7-3-1-6(2-4-7)5-10-9;1-4-3-5-2/h1-4H,5,8H2;3H2,1-2H3. The molecule has 0 aliphatic rings. The second kappa shape index (κ2) is 9.59. The summed E-state index contributed by atoms with van der Waals surface area (Å²) in [6.45, 7) is 0.389. The van der Waals surface area contributed by atoms with Crippen LogP contribution in [0, 0.1) is 0 Å². The van der Waals surface area contributed by atoms with Gasteiger partial charge in [0, 0.05) is 19.9 Å². The van der Waals surface area contributed by atoms with Crippen LogP contribution >= 0.6 is 8.46 Å². The lowest BCUT2D eigenvalue weighted by atomic mass is 10.2. The molecular formula is C10H16NO3P. The van der Waals surface area contributed by atoms with Crippen molar-refractivity contribution in [2.75, 3.05) is 26.7 Å². The molecule has 0 spiro atoms. The van der Waals surface area contributed by atoms with Gasteiger partial charge in [-0.25, -0.2) is 0 Å². The average Bonchev–Trinajstić information content (AvgIpc) is 2.24. The first-order chi connectivity index (χ1) is 7.24. The van der Waals surface area contributed by atoms with E-state index in [0.717, 1.165) is 11.3 Å². The number of anilines is 1. The molecular weight excluding hydrogens is 213 g/mol. The van der Waals surface area contributed by atoms with Gasteiger partial charge in [0.1, 0.15) is 6.79 Å². The molecule has 0 aliphatic heterocycles. The molecule has 0 fully saturated rings. The van der Waals surface area contributed by atoms with Gasteiger partial charge in [0.15, 0.2) is 8.46 Å². The van der Waals surface area contributed by atoms with Gasteiger partial charge < -0.3 is 15.2 Å². The Hall–Kier alpha value is -0.960. The van der Waals surface area contributed by atoms with Crippen molar-refractivity contribution in [3.63, 3.8) is 0 Å². The maximum Gasteiger partial charge on any atom is 0.160 e. The van der Waals surface area contributed by atoms with E-state index in [4.69, 9.17) is 5.73 Å². The zero-order valence-electron chi connectivity index (χ0n) is 8.97. The van der Waals surface area contributed by atoms with E-state index in [1.54, 1.807) is 26.4 Å². The van der Waals surface area contributed by atoms with Crippen LogP contribution in [0.15, 0.2) is 24.3 Å². The smallest absolute Gasteiger partial charge is 0.160 e. The Morgan fingerprint density at radius 2 is 1.73 bits per heavy atom. The van der Waals surface area contributed by atoms with Gasteiger partial charge in [-0.1, -0.05) is 12.1 Å². The fourth-order valence-electron chi connectivity index (χ4n) is 0.815. The van der Waals surface area contributed by atoms with Gasteiger partial charge in [-0.15, -0.1) is 0 Å². The lowest BCUT2D eigenvalue weighted by Crippen LogP contribution is -1.87. The normalized spacial score (nSPS) is 9.47. The summed E-state index contributed by atoms with van der Waals surface area (Å²) in [5.41, 5.74) is 7.23. The average molecular weight is 229 g/mol. The molecule has 5 heteroatoms. The van der Waals surface area contributed by atoms with E-state index in [2.05, 4.69) is 9.47 Å². The highest BCUT2D eigenvalue weighted by Crippen LogP contribution is 2.10. The summed E-state index contributed by atoms with van der Waals surface area (Å²) < 4.78 is 19.1. The fourth-order valence-corrected chi connectivity index (χ4v) is 1.18. The van der Waals surface area contributed by atoms with Crippen molar-refractivity contribution in [2.45, 2.75) is 6.16 Å². The molecule has 2 N–H and O–H groups in total. The van der Waals surface area contributed by atoms with Gasteiger partial charge in [0.25, 0.3) is 0 Å². The summed E-state index contributed by atoms with van der Waals surface area (Å²) in [4.78, 5) is 0. The van der Waals surface area contributed by atoms with Crippen LogP contribution in [0.25, 0.3) is 0 Å². The first kappa shape index (κ1) is 14.0. The van der Waals surface area contributed by atoms with Crippen molar-refractivity contribution in [1.29, 1.82) is 0 Å². The van der Waals surface area contributed by atoms with Gasteiger partial charge in [0.05, 0.1) is 6.16 Å². The number of rotatable bonds is 4. The predicted molar refractivity (Wildman–Crippen MR) is 61.0 cm³/mol. The lowest BCUT2D eigenvalue weighted by molar-refractivity contribution is -0.00271. The molecule has 0 saturated carbocycles. The second-order valence-electron chi connectivity index (χ2n) is 2.72. The highest BCUT2D eigenvalue weighted by Gasteiger charge is 1.89. The summed E-state index contributed by atoms with van der Waals surface area (Å²) in [5.74, 6) is 0. The molecule has 84 valence electrons. The number of hydrogen-bond donors (Lipinski definition) is 1. The van der Waals surface area contributed by atoms with Gasteiger partial charge in [-0.3, -0.25) is 4.57 Å². The molecule has 0 radical (unpaired) electrons. The van der Waals surface area contributed by atoms with E-state index in [-0.39, 0.29) is 8.46 Å². The highest BCUT2D eigenvalue weighted by atomic mass is 31.1. The maximum atomic E-state index is 10.1. The monoisotopic (exact) mass is 229 g/mol. The van der Waals surface area contributed by atoms with Gasteiger partial charge in [-0.05, 0) is 17.7 Å². The molecule has 1 rings (SSSR count). The third kappa shape index (κ3) is 8.06. The zero-order chi connectivity index (χ0) is 11.5. The maximum absolute atomic E-state index is 10.1. The van der Waals surface area contributed by atoms with Crippen molar-refractivity contribution in [1.82, 2.24) is 0 Å². The van der Waals surface area contributed by atoms with E-state index >= 15 is 0 Å². The topological polar surface area (TPSA) is 61.6 Å². The minimum atomic E-state index is 0.155. The van der Waals surface area contributed by atoms with Crippen molar-refractivity contribution in [3.05, 3.63) is 29.8 Å². The molecule has 0 saturated heterocycles. The summed E-state index contributed by atoms with van der Waals surface area (Å²) in [7, 11) is 3.33. The van der Waals surface area contributed by atoms with Crippen LogP contribution in [0.3, 0.4) is 0 Å². The molecule has 0 atom stereocenters. The quantitative estimate of drug-likeness (QED) is 0.489. The molecule has 0 heterocycles. The Bertz CT molecular complexity index is 262. The molecule has 0 aliphatic carbocycles. The summed E-state index contributed by atoms with van der Waals surface area (Å²) in [6.07, 6.45) is 0.570. The van der Waals surface area contributed by atoms with Crippen LogP contribution in [0.2, 0.25) is 0 Å². The van der Waals surface area contributed by atoms with Crippen LogP contribution in [0.1, 0.15) is 5.56 Å². The molecule has 0 unspecified atom stereocenters. The molecule has 0 aromatic heterocycles. The van der Waals surface area contributed by atoms with E-state index < -0.39 is 0 Å². The number of methoxy groups -OCH3 is 2. The second-order valence-corrected chi connectivity index (χ2v) is 3.30. The van der Waals surface area contributed by atoms with Gasteiger partial charge in [0.2, 0.25) is 0 Å². The summed E-state index contributed by atoms with van der Waals surface area (Å²) >= 11 is 0. The number of nitrogen functional groups attached to an aromatic ring is 1. The van der Waals surface area contributed by atoms with Crippen molar-refractivity contribution in [2.24, 2.45) is 0 Å². The number of benzene rings is 1. The van der Waals surface area contributed by atoms with Gasteiger partial charge in [-0.2, -0.15) is 0 Å². The number of hydrogen-bond acceptors (Lipinski definition) is 4. The Morgan fingerprint density at radius 1 is 1.20 bits per heavy atom. The summed E-state index contributed by atoms with van der Waals surface area (Å²) in [5, 5.41) is 0. The van der Waals surface area contributed by atoms with E-state index in [0.29, 0.717) is 13.0 Å². The Labute approximate surface area is 91.6 Å². The third-order valence-corrected chi connectivity index (χ3v) is 1.96. The minimum absolute atomic E-state index is 0.155. The molecule has 4 nitrogen and oxygen atoms in total. The van der Waals surface area contributed by atoms with Crippen LogP contribution < -0.4 is 5.73 Å². The minimum Gasteiger partial charge on any atom is -0.399 e. The van der Waals surface area contributed by atoms with Crippen molar-refractivity contribution in [3.8, 4) is 0 Å². The van der Waals surface area contributed by atoms with Crippen LogP contribution in [0.5, 0.6) is 0 Å². The van der Waals surface area contributed by atoms with Crippen LogP contribution in [-0.4, -0.2) is 21.0 Å². The first-order valence-corrected chi connectivity index (χ1v) is 5.35. The number of ether oxygens (including phenoxy) is 2. The Kier molecular flexibility index (Phi) is 8.98. The largest absolute Gasteiger partial charge is 0.399 e. The van der Waals surface area contributed by atoms with Crippen LogP contribution in [-0.2, 0) is 20.2 Å². The Morgan fingerprint density at radius 3 is 2.07 bits per heavy atom. The van der Waals surface area contributed by atoms with Gasteiger partial charge >= 0.3 is 0 Å². The van der Waals surface area contributed by atoms with Crippen LogP contribution in [0.4, 0.5) is 5.69 Å². The summed E-state index contributed by atoms with van der Waals surface area (Å²) in [6, 6.07) is 7.36. The highest BCUT2D eigenvalue weighted by molar-refractivity contribution is 7.22. The SMILES string of the molecule is COCOC.Nc1ccc(CP=O)cc1. The van der Waals surface area contributed by atoms with Crippen molar-refractivity contribution < 1.29 is 14.0 Å². The number of nitrogens with two attached hydrogens (primary N) is 1.